The zero-order valence-electron chi connectivity index (χ0n) is 31.1. The third-order valence-corrected chi connectivity index (χ3v) is 10.1. The maximum Gasteiger partial charge on any atom is 0.338 e. The van der Waals surface area contributed by atoms with Crippen LogP contribution in [-0.4, -0.2) is 103 Å². The molecule has 0 saturated carbocycles. The molecule has 11 atom stereocenters. The lowest BCUT2D eigenvalue weighted by atomic mass is 9.76. The SMILES string of the molecule is CC/C1=C\[C@](C)(O)[C@@H](CC)OC(=O)[C@H](C)C(=O)[C@H](C)[C@@H](O[C@@H]2O[C@H](C)C[C@H](N(C)C)[C@H]2OC(=O)c2ccccc2)[C@@](C)(OC)C[C@@H](C)C1=O. The quantitative estimate of drug-likeness (QED) is 0.294. The summed E-state index contributed by atoms with van der Waals surface area (Å²) in [5.74, 6) is -4.82. The van der Waals surface area contributed by atoms with Gasteiger partial charge in [-0.25, -0.2) is 4.79 Å². The van der Waals surface area contributed by atoms with Crippen LogP contribution in [0.25, 0.3) is 0 Å². The van der Waals surface area contributed by atoms with Gasteiger partial charge in [0.1, 0.15) is 17.6 Å². The summed E-state index contributed by atoms with van der Waals surface area (Å²) in [6.07, 6.45) is -1.64. The number of cyclic esters (lactones) is 1. The molecule has 2 heterocycles. The number of allylic oxidation sites excluding steroid dienone is 1. The summed E-state index contributed by atoms with van der Waals surface area (Å²) in [5, 5.41) is 11.4. The normalized spacial score (nSPS) is 37.9. The van der Waals surface area contributed by atoms with Crippen LogP contribution in [0.3, 0.4) is 0 Å². The fourth-order valence-electron chi connectivity index (χ4n) is 7.11. The van der Waals surface area contributed by atoms with E-state index >= 15 is 0 Å². The molecule has 1 aromatic rings. The zero-order valence-corrected chi connectivity index (χ0v) is 31.1. The minimum absolute atomic E-state index is 0.133. The van der Waals surface area contributed by atoms with Gasteiger partial charge in [-0.2, -0.15) is 0 Å². The molecular formula is C38H57NO10. The Morgan fingerprint density at radius 1 is 1.04 bits per heavy atom. The summed E-state index contributed by atoms with van der Waals surface area (Å²) in [5.41, 5.74) is -2.16. The lowest BCUT2D eigenvalue weighted by molar-refractivity contribution is -0.294. The molecule has 0 aliphatic carbocycles. The van der Waals surface area contributed by atoms with E-state index in [1.54, 1.807) is 58.0 Å². The van der Waals surface area contributed by atoms with E-state index in [2.05, 4.69) is 0 Å². The van der Waals surface area contributed by atoms with Crippen LogP contribution in [0.5, 0.6) is 0 Å². The number of likely N-dealkylation sites (N-methyl/N-ethyl adjacent to an activating group) is 1. The van der Waals surface area contributed by atoms with Crippen LogP contribution in [0.4, 0.5) is 0 Å². The molecule has 11 heteroatoms. The number of Topliss-reactive ketones (excluding diaryl/α,β-unsaturated/α-hetero) is 2. The number of esters is 2. The molecule has 1 N–H and O–H groups in total. The number of rotatable bonds is 8. The van der Waals surface area contributed by atoms with E-state index in [1.807, 2.05) is 32.8 Å². The van der Waals surface area contributed by atoms with Gasteiger partial charge >= 0.3 is 11.9 Å². The van der Waals surface area contributed by atoms with Crippen LogP contribution in [0.1, 0.15) is 91.4 Å². The molecule has 1 aromatic carbocycles. The molecule has 0 spiro atoms. The molecule has 2 aliphatic heterocycles. The van der Waals surface area contributed by atoms with Gasteiger partial charge in [-0.15, -0.1) is 0 Å². The van der Waals surface area contributed by atoms with E-state index in [9.17, 15) is 24.3 Å². The van der Waals surface area contributed by atoms with Crippen molar-refractivity contribution in [1.82, 2.24) is 4.90 Å². The average Bonchev–Trinajstić information content (AvgIpc) is 3.07. The second-order valence-electron chi connectivity index (χ2n) is 14.4. The van der Waals surface area contributed by atoms with Crippen molar-refractivity contribution in [2.75, 3.05) is 21.2 Å². The molecule has 0 amide bonds. The smallest absolute Gasteiger partial charge is 0.338 e. The summed E-state index contributed by atoms with van der Waals surface area (Å²) in [6.45, 7) is 13.6. The van der Waals surface area contributed by atoms with Crippen molar-refractivity contribution in [3.63, 3.8) is 0 Å². The second kappa shape index (κ2) is 16.8. The van der Waals surface area contributed by atoms with Crippen LogP contribution >= 0.6 is 0 Å². The first-order chi connectivity index (χ1) is 22.9. The first-order valence-corrected chi connectivity index (χ1v) is 17.4. The first-order valence-electron chi connectivity index (χ1n) is 17.4. The van der Waals surface area contributed by atoms with Crippen LogP contribution in [0.15, 0.2) is 42.0 Å². The van der Waals surface area contributed by atoms with Gasteiger partial charge in [0, 0.05) is 18.9 Å². The van der Waals surface area contributed by atoms with Crippen LogP contribution in [0, 0.1) is 17.8 Å². The van der Waals surface area contributed by atoms with Crippen molar-refractivity contribution in [3.05, 3.63) is 47.5 Å². The number of benzene rings is 1. The van der Waals surface area contributed by atoms with Gasteiger partial charge in [0.15, 0.2) is 24.0 Å². The Labute approximate surface area is 291 Å². The maximum atomic E-state index is 14.2. The summed E-state index contributed by atoms with van der Waals surface area (Å²) in [7, 11) is 5.26. The van der Waals surface area contributed by atoms with Crippen molar-refractivity contribution < 1.29 is 48.0 Å². The van der Waals surface area contributed by atoms with Gasteiger partial charge in [0.05, 0.1) is 29.4 Å². The minimum atomic E-state index is -1.65. The lowest BCUT2D eigenvalue weighted by Crippen LogP contribution is -2.60. The Kier molecular flexibility index (Phi) is 13.9. The van der Waals surface area contributed by atoms with Crippen molar-refractivity contribution in [3.8, 4) is 0 Å². The molecule has 1 fully saturated rings. The summed E-state index contributed by atoms with van der Waals surface area (Å²) >= 11 is 0. The van der Waals surface area contributed by atoms with E-state index in [0.29, 0.717) is 24.0 Å². The van der Waals surface area contributed by atoms with Crippen molar-refractivity contribution in [1.29, 1.82) is 0 Å². The Morgan fingerprint density at radius 3 is 2.22 bits per heavy atom. The number of ketones is 2. The molecule has 0 aromatic heterocycles. The largest absolute Gasteiger partial charge is 0.458 e. The molecule has 0 unspecified atom stereocenters. The highest BCUT2D eigenvalue weighted by atomic mass is 16.7. The second-order valence-corrected chi connectivity index (χ2v) is 14.4. The van der Waals surface area contributed by atoms with Crippen molar-refractivity contribution >= 4 is 23.5 Å². The van der Waals surface area contributed by atoms with Gasteiger partial charge in [-0.05, 0) is 91.3 Å². The monoisotopic (exact) mass is 687 g/mol. The highest BCUT2D eigenvalue weighted by Crippen LogP contribution is 2.38. The van der Waals surface area contributed by atoms with E-state index in [4.69, 9.17) is 23.7 Å². The lowest BCUT2D eigenvalue weighted by Gasteiger charge is -2.47. The summed E-state index contributed by atoms with van der Waals surface area (Å²) in [6, 6.07) is 8.33. The van der Waals surface area contributed by atoms with E-state index in [-0.39, 0.29) is 30.8 Å². The Morgan fingerprint density at radius 2 is 1.67 bits per heavy atom. The number of ether oxygens (including phenoxy) is 5. The minimum Gasteiger partial charge on any atom is -0.458 e. The predicted octanol–water partition coefficient (Wildman–Crippen LogP) is 4.93. The number of carbonyl (C=O) groups excluding carboxylic acids is 4. The molecule has 11 nitrogen and oxygen atoms in total. The van der Waals surface area contributed by atoms with Gasteiger partial charge in [0.2, 0.25) is 0 Å². The van der Waals surface area contributed by atoms with Crippen molar-refractivity contribution in [2.24, 2.45) is 17.8 Å². The van der Waals surface area contributed by atoms with Gasteiger partial charge < -0.3 is 33.7 Å². The number of carbonyl (C=O) groups is 4. The van der Waals surface area contributed by atoms with Gasteiger partial charge in [-0.3, -0.25) is 14.4 Å². The molecular weight excluding hydrogens is 630 g/mol. The fourth-order valence-corrected chi connectivity index (χ4v) is 7.11. The van der Waals surface area contributed by atoms with E-state index in [1.165, 1.54) is 27.0 Å². The molecule has 274 valence electrons. The first kappa shape index (κ1) is 40.5. The molecule has 0 bridgehead atoms. The third kappa shape index (κ3) is 9.43. The standard InChI is InChI=1S/C38H57NO10/c1-12-26-21-37(7,44)29(13-2)47-34(42)25(6)31(41)24(5)33(38(8,45-11)20-22(3)30(26)40)49-36-32(28(39(9)10)19-23(4)46-36)48-35(43)27-17-15-14-16-18-27/h14-18,21-25,28-29,32-33,36,44H,12-13,19-20H2,1-11H3/b26-21+/t22-,23-,24+,25-,28+,29-,32-,33-,36+,37+,38+/m1/s1. The molecule has 1 saturated heterocycles. The number of hydrogen-bond acceptors (Lipinski definition) is 11. The predicted molar refractivity (Wildman–Crippen MR) is 184 cm³/mol. The number of nitrogens with zero attached hydrogens (tertiary/aromatic N) is 1. The highest BCUT2D eigenvalue weighted by molar-refractivity contribution is 6.00. The fraction of sp³-hybridized carbons (Fsp3) is 0.684. The number of hydrogen-bond donors (Lipinski definition) is 1. The van der Waals surface area contributed by atoms with E-state index < -0.39 is 71.3 Å². The van der Waals surface area contributed by atoms with E-state index in [0.717, 1.165) is 0 Å². The third-order valence-electron chi connectivity index (χ3n) is 10.1. The number of methoxy groups -OCH3 is 1. The maximum absolute atomic E-state index is 14.2. The Bertz CT molecular complexity index is 1340. The van der Waals surface area contributed by atoms with Gasteiger partial charge in [-0.1, -0.05) is 45.9 Å². The van der Waals surface area contributed by atoms with Crippen molar-refractivity contribution in [2.45, 2.75) is 129 Å². The molecule has 3 rings (SSSR count). The van der Waals surface area contributed by atoms with Crippen LogP contribution in [0.2, 0.25) is 0 Å². The zero-order chi connectivity index (χ0) is 36.8. The molecule has 0 radical (unpaired) electrons. The highest BCUT2D eigenvalue weighted by Gasteiger charge is 2.51. The van der Waals surface area contributed by atoms with Gasteiger partial charge in [0.25, 0.3) is 0 Å². The Hall–Kier alpha value is -2.96. The van der Waals surface area contributed by atoms with Crippen LogP contribution < -0.4 is 0 Å². The Balaban J connectivity index is 2.14. The molecule has 2 aliphatic rings. The topological polar surface area (TPSA) is 138 Å². The molecule has 49 heavy (non-hydrogen) atoms. The summed E-state index contributed by atoms with van der Waals surface area (Å²) < 4.78 is 31.1. The average molecular weight is 688 g/mol. The van der Waals surface area contributed by atoms with Crippen LogP contribution in [-0.2, 0) is 38.1 Å². The summed E-state index contributed by atoms with van der Waals surface area (Å²) in [4.78, 5) is 56.9. The number of aliphatic hydroxyl groups is 1.